The summed E-state index contributed by atoms with van der Waals surface area (Å²) >= 11 is 0. The molecule has 25 heavy (non-hydrogen) atoms. The fraction of sp³-hybridized carbons (Fsp3) is 0.381. The van der Waals surface area contributed by atoms with Crippen LogP contribution < -0.4 is 5.32 Å². The second-order valence-electron chi connectivity index (χ2n) is 7.68. The van der Waals surface area contributed by atoms with Crippen molar-refractivity contribution in [2.24, 2.45) is 17.8 Å². The smallest absolute Gasteiger partial charge is 0.337 e. The van der Waals surface area contributed by atoms with Crippen LogP contribution in [0.5, 0.6) is 0 Å². The average molecular weight is 337 g/mol. The summed E-state index contributed by atoms with van der Waals surface area (Å²) in [6.07, 6.45) is 3.71. The summed E-state index contributed by atoms with van der Waals surface area (Å²) in [5, 5.41) is 13.2. The van der Waals surface area contributed by atoms with E-state index in [9.17, 15) is 14.3 Å². The van der Waals surface area contributed by atoms with Crippen molar-refractivity contribution >= 4 is 11.7 Å². The molecule has 2 aromatic rings. The minimum atomic E-state index is -0.899. The highest BCUT2D eigenvalue weighted by Gasteiger charge is 2.54. The lowest BCUT2D eigenvalue weighted by Crippen LogP contribution is -2.36. The van der Waals surface area contributed by atoms with E-state index < -0.39 is 5.97 Å². The molecule has 0 spiro atoms. The third kappa shape index (κ3) is 2.13. The topological polar surface area (TPSA) is 49.3 Å². The van der Waals surface area contributed by atoms with Gasteiger partial charge in [-0.05, 0) is 72.3 Å². The quantitative estimate of drug-likeness (QED) is 0.826. The van der Waals surface area contributed by atoms with E-state index in [-0.39, 0.29) is 11.9 Å². The Hall–Kier alpha value is -2.36. The molecule has 3 aliphatic rings. The van der Waals surface area contributed by atoms with Crippen LogP contribution in [0.2, 0.25) is 0 Å². The predicted octanol–water partition coefficient (Wildman–Crippen LogP) is 4.82. The lowest BCUT2D eigenvalue weighted by molar-refractivity contribution is 0.0697. The Labute approximate surface area is 145 Å². The Bertz CT molecular complexity index is 847. The molecule has 128 valence electrons. The van der Waals surface area contributed by atoms with Crippen LogP contribution in [0.4, 0.5) is 10.1 Å². The van der Waals surface area contributed by atoms with Crippen LogP contribution >= 0.6 is 0 Å². The third-order valence-corrected chi connectivity index (χ3v) is 6.58. The van der Waals surface area contributed by atoms with Gasteiger partial charge in [-0.25, -0.2) is 9.18 Å². The predicted molar refractivity (Wildman–Crippen MR) is 93.2 cm³/mol. The summed E-state index contributed by atoms with van der Waals surface area (Å²) < 4.78 is 13.4. The Morgan fingerprint density at radius 2 is 1.84 bits per heavy atom. The Kier molecular flexibility index (Phi) is 3.18. The number of carbonyl (C=O) groups is 1. The molecule has 0 amide bonds. The number of rotatable bonds is 2. The first-order valence-electron chi connectivity index (χ1n) is 9.01. The van der Waals surface area contributed by atoms with Crippen molar-refractivity contribution in [1.29, 1.82) is 0 Å². The molecule has 2 N–H and O–H groups in total. The molecule has 5 atom stereocenters. The van der Waals surface area contributed by atoms with Gasteiger partial charge in [0.2, 0.25) is 0 Å². The van der Waals surface area contributed by atoms with Crippen molar-refractivity contribution in [3.63, 3.8) is 0 Å². The molecule has 0 radical (unpaired) electrons. The van der Waals surface area contributed by atoms with E-state index in [1.165, 1.54) is 31.4 Å². The van der Waals surface area contributed by atoms with Crippen molar-refractivity contribution in [3.05, 3.63) is 65.0 Å². The van der Waals surface area contributed by atoms with Crippen LogP contribution in [0.15, 0.2) is 42.5 Å². The number of hydrogen-bond acceptors (Lipinski definition) is 2. The van der Waals surface area contributed by atoms with Gasteiger partial charge in [-0.2, -0.15) is 0 Å². The molecular formula is C21H20FNO2. The fourth-order valence-corrected chi connectivity index (χ4v) is 5.69. The highest BCUT2D eigenvalue weighted by molar-refractivity contribution is 5.95. The summed E-state index contributed by atoms with van der Waals surface area (Å²) in [4.78, 5) is 11.7. The van der Waals surface area contributed by atoms with Crippen molar-refractivity contribution in [3.8, 4) is 0 Å². The normalized spacial score (nSPS) is 32.0. The standard InChI is InChI=1S/C21H20FNO2/c22-14-8-6-11(7-9-14)19-18-13-5-4-12(10-13)17(18)15-2-1-3-16(21(24)25)20(15)23-19/h1-3,6-9,12-13,17-19,23H,4-5,10H2,(H,24,25). The Morgan fingerprint density at radius 1 is 1.08 bits per heavy atom. The largest absolute Gasteiger partial charge is 0.478 e. The molecule has 2 fully saturated rings. The van der Waals surface area contributed by atoms with Gasteiger partial charge in [-0.15, -0.1) is 0 Å². The summed E-state index contributed by atoms with van der Waals surface area (Å²) in [5.74, 6) is 1.03. The first kappa shape index (κ1) is 14.9. The zero-order chi connectivity index (χ0) is 17.1. The molecule has 5 rings (SSSR count). The van der Waals surface area contributed by atoms with E-state index in [0.29, 0.717) is 29.2 Å². The van der Waals surface area contributed by atoms with Gasteiger partial charge in [-0.1, -0.05) is 24.3 Å². The molecule has 5 unspecified atom stereocenters. The maximum absolute atomic E-state index is 13.4. The number of hydrogen-bond donors (Lipinski definition) is 2. The molecule has 2 bridgehead atoms. The maximum Gasteiger partial charge on any atom is 0.337 e. The van der Waals surface area contributed by atoms with Crippen LogP contribution in [-0.2, 0) is 0 Å². The van der Waals surface area contributed by atoms with Gasteiger partial charge in [0.15, 0.2) is 0 Å². The maximum atomic E-state index is 13.4. The van der Waals surface area contributed by atoms with Crippen molar-refractivity contribution in [1.82, 2.24) is 0 Å². The van der Waals surface area contributed by atoms with E-state index in [1.54, 1.807) is 6.07 Å². The van der Waals surface area contributed by atoms with Crippen LogP contribution in [0.3, 0.4) is 0 Å². The molecule has 2 saturated carbocycles. The minimum Gasteiger partial charge on any atom is -0.478 e. The van der Waals surface area contributed by atoms with Gasteiger partial charge in [0.1, 0.15) is 5.82 Å². The van der Waals surface area contributed by atoms with Gasteiger partial charge < -0.3 is 10.4 Å². The summed E-state index contributed by atoms with van der Waals surface area (Å²) in [6, 6.07) is 12.3. The van der Waals surface area contributed by atoms with E-state index in [0.717, 1.165) is 16.8 Å². The van der Waals surface area contributed by atoms with Crippen molar-refractivity contribution in [2.45, 2.75) is 31.2 Å². The molecule has 2 aromatic carbocycles. The van der Waals surface area contributed by atoms with Gasteiger partial charge >= 0.3 is 5.97 Å². The Morgan fingerprint density at radius 3 is 2.60 bits per heavy atom. The molecule has 1 aliphatic heterocycles. The third-order valence-electron chi connectivity index (χ3n) is 6.58. The van der Waals surface area contributed by atoms with Gasteiger partial charge in [-0.3, -0.25) is 0 Å². The number of carboxylic acids is 1. The summed E-state index contributed by atoms with van der Waals surface area (Å²) in [7, 11) is 0. The van der Waals surface area contributed by atoms with E-state index in [1.807, 2.05) is 18.2 Å². The van der Waals surface area contributed by atoms with Crippen LogP contribution in [0.25, 0.3) is 0 Å². The molecule has 1 heterocycles. The zero-order valence-electron chi connectivity index (χ0n) is 13.8. The first-order valence-corrected chi connectivity index (χ1v) is 9.01. The van der Waals surface area contributed by atoms with Crippen LogP contribution in [0.1, 0.15) is 52.7 Å². The number of halogens is 1. The molecule has 2 aliphatic carbocycles. The molecular weight excluding hydrogens is 317 g/mol. The van der Waals surface area contributed by atoms with Gasteiger partial charge in [0.05, 0.1) is 17.3 Å². The number of para-hydroxylation sites is 1. The van der Waals surface area contributed by atoms with Gasteiger partial charge in [0, 0.05) is 0 Å². The zero-order valence-corrected chi connectivity index (χ0v) is 13.8. The number of fused-ring (bicyclic) bond motifs is 7. The second kappa shape index (κ2) is 5.32. The molecule has 0 saturated heterocycles. The SMILES string of the molecule is O=C(O)c1cccc2c1NC(c1ccc(F)cc1)C1C3CCC(C3)C21. The fourth-order valence-electron chi connectivity index (χ4n) is 5.69. The highest BCUT2D eigenvalue weighted by atomic mass is 19.1. The van der Waals surface area contributed by atoms with Crippen molar-refractivity contribution < 1.29 is 14.3 Å². The summed E-state index contributed by atoms with van der Waals surface area (Å²) in [5.41, 5.74) is 3.31. The van der Waals surface area contributed by atoms with E-state index in [4.69, 9.17) is 0 Å². The number of nitrogens with one attached hydrogen (secondary N) is 1. The second-order valence-corrected chi connectivity index (χ2v) is 7.68. The monoisotopic (exact) mass is 337 g/mol. The first-order chi connectivity index (χ1) is 12.1. The Balaban J connectivity index is 1.67. The van der Waals surface area contributed by atoms with Crippen LogP contribution in [0, 0.1) is 23.6 Å². The number of aromatic carboxylic acids is 1. The van der Waals surface area contributed by atoms with E-state index >= 15 is 0 Å². The van der Waals surface area contributed by atoms with Crippen LogP contribution in [-0.4, -0.2) is 11.1 Å². The number of carboxylic acid groups (broad SMARTS) is 1. The van der Waals surface area contributed by atoms with E-state index in [2.05, 4.69) is 11.4 Å². The van der Waals surface area contributed by atoms with Crippen molar-refractivity contribution in [2.75, 3.05) is 5.32 Å². The molecule has 3 nitrogen and oxygen atoms in total. The highest BCUT2D eigenvalue weighted by Crippen LogP contribution is 2.63. The average Bonchev–Trinajstić information content (AvgIpc) is 3.23. The van der Waals surface area contributed by atoms with Gasteiger partial charge in [0.25, 0.3) is 0 Å². The summed E-state index contributed by atoms with van der Waals surface area (Å²) in [6.45, 7) is 0. The minimum absolute atomic E-state index is 0.0499. The lowest BCUT2D eigenvalue weighted by atomic mass is 9.67. The molecule has 4 heteroatoms. The molecule has 0 aromatic heterocycles. The number of benzene rings is 2. The lowest BCUT2D eigenvalue weighted by Gasteiger charge is -2.44. The number of anilines is 1.